The lowest BCUT2D eigenvalue weighted by Crippen LogP contribution is -2.05. The van der Waals surface area contributed by atoms with Crippen LogP contribution in [-0.2, 0) is 0 Å². The van der Waals surface area contributed by atoms with E-state index in [4.69, 9.17) is 5.11 Å². The maximum atomic E-state index is 9.31. The lowest BCUT2D eigenvalue weighted by atomic mass is 9.92. The third kappa shape index (κ3) is 3.65. The summed E-state index contributed by atoms with van der Waals surface area (Å²) >= 11 is 0. The van der Waals surface area contributed by atoms with Crippen LogP contribution in [0.15, 0.2) is 18.2 Å². The molecule has 0 aromatic heterocycles. The van der Waals surface area contributed by atoms with Crippen LogP contribution >= 0.6 is 0 Å². The second-order valence-electron chi connectivity index (χ2n) is 4.17. The molecule has 0 saturated heterocycles. The highest BCUT2D eigenvalue weighted by atomic mass is 16.3. The molecule has 84 valence electrons. The van der Waals surface area contributed by atoms with E-state index in [9.17, 15) is 5.11 Å². The van der Waals surface area contributed by atoms with Gasteiger partial charge in [0.1, 0.15) is 0 Å². The minimum absolute atomic E-state index is 0.156. The summed E-state index contributed by atoms with van der Waals surface area (Å²) in [5.41, 5.74) is 3.64. The van der Waals surface area contributed by atoms with Crippen molar-refractivity contribution in [3.05, 3.63) is 34.9 Å². The fourth-order valence-corrected chi connectivity index (χ4v) is 1.95. The zero-order valence-corrected chi connectivity index (χ0v) is 9.53. The smallest absolute Gasteiger partial charge is 0.0499 e. The first kappa shape index (κ1) is 12.2. The topological polar surface area (TPSA) is 40.5 Å². The van der Waals surface area contributed by atoms with Gasteiger partial charge in [-0.05, 0) is 32.3 Å². The molecule has 2 heteroatoms. The number of benzene rings is 1. The van der Waals surface area contributed by atoms with Crippen LogP contribution in [0.3, 0.4) is 0 Å². The van der Waals surface area contributed by atoms with Gasteiger partial charge >= 0.3 is 0 Å². The third-order valence-corrected chi connectivity index (χ3v) is 2.65. The van der Waals surface area contributed by atoms with E-state index >= 15 is 0 Å². The maximum absolute atomic E-state index is 9.31. The summed E-state index contributed by atoms with van der Waals surface area (Å²) in [7, 11) is 0. The van der Waals surface area contributed by atoms with E-state index in [1.54, 1.807) is 0 Å². The first-order chi connectivity index (χ1) is 7.17. The van der Waals surface area contributed by atoms with Crippen molar-refractivity contribution in [3.8, 4) is 0 Å². The molecule has 1 unspecified atom stereocenters. The molecule has 1 aromatic carbocycles. The molecule has 0 radical (unpaired) electrons. The van der Waals surface area contributed by atoms with Crippen molar-refractivity contribution >= 4 is 0 Å². The van der Waals surface area contributed by atoms with Gasteiger partial charge in [0.05, 0.1) is 0 Å². The van der Waals surface area contributed by atoms with E-state index < -0.39 is 0 Å². The molecular weight excluding hydrogens is 188 g/mol. The normalized spacial score (nSPS) is 12.8. The van der Waals surface area contributed by atoms with Crippen molar-refractivity contribution in [1.82, 2.24) is 0 Å². The molecule has 2 nitrogen and oxygen atoms in total. The fraction of sp³-hybridized carbons (Fsp3) is 0.538. The van der Waals surface area contributed by atoms with Gasteiger partial charge in [0, 0.05) is 19.1 Å². The number of hydrogen-bond acceptors (Lipinski definition) is 2. The molecule has 0 heterocycles. The van der Waals surface area contributed by atoms with Crippen LogP contribution in [0, 0.1) is 13.8 Å². The highest BCUT2D eigenvalue weighted by molar-refractivity contribution is 5.31. The summed E-state index contributed by atoms with van der Waals surface area (Å²) in [6.45, 7) is 4.48. The minimum Gasteiger partial charge on any atom is -0.396 e. The van der Waals surface area contributed by atoms with Crippen LogP contribution in [-0.4, -0.2) is 23.4 Å². The lowest BCUT2D eigenvalue weighted by Gasteiger charge is -2.15. The highest BCUT2D eigenvalue weighted by Gasteiger charge is 2.10. The SMILES string of the molecule is Cc1cc(C)cc(C(CO)CCCO)c1. The number of aliphatic hydroxyl groups is 2. The van der Waals surface area contributed by atoms with E-state index in [1.165, 1.54) is 16.7 Å². The summed E-state index contributed by atoms with van der Waals surface area (Å²) < 4.78 is 0. The Morgan fingerprint density at radius 3 is 2.13 bits per heavy atom. The Balaban J connectivity index is 2.81. The van der Waals surface area contributed by atoms with Gasteiger partial charge in [-0.1, -0.05) is 29.3 Å². The molecule has 15 heavy (non-hydrogen) atoms. The summed E-state index contributed by atoms with van der Waals surface area (Å²) in [6.07, 6.45) is 1.59. The van der Waals surface area contributed by atoms with Gasteiger partial charge in [-0.15, -0.1) is 0 Å². The predicted octanol–water partition coefficient (Wildman–Crippen LogP) is 2.15. The van der Waals surface area contributed by atoms with Gasteiger partial charge in [-0.25, -0.2) is 0 Å². The van der Waals surface area contributed by atoms with Crippen LogP contribution in [0.1, 0.15) is 35.4 Å². The Bertz CT molecular complexity index is 287. The van der Waals surface area contributed by atoms with Crippen molar-refractivity contribution in [2.45, 2.75) is 32.6 Å². The molecule has 0 spiro atoms. The molecule has 0 aliphatic rings. The van der Waals surface area contributed by atoms with E-state index in [-0.39, 0.29) is 19.1 Å². The second kappa shape index (κ2) is 5.89. The molecule has 0 bridgehead atoms. The Kier molecular flexibility index (Phi) is 4.79. The molecule has 1 aromatic rings. The van der Waals surface area contributed by atoms with Crippen LogP contribution in [0.5, 0.6) is 0 Å². The number of aliphatic hydroxyl groups excluding tert-OH is 2. The van der Waals surface area contributed by atoms with Crippen molar-refractivity contribution < 1.29 is 10.2 Å². The van der Waals surface area contributed by atoms with Crippen LogP contribution in [0.2, 0.25) is 0 Å². The van der Waals surface area contributed by atoms with Gasteiger partial charge < -0.3 is 10.2 Å². The number of rotatable bonds is 5. The third-order valence-electron chi connectivity index (χ3n) is 2.65. The highest BCUT2D eigenvalue weighted by Crippen LogP contribution is 2.22. The van der Waals surface area contributed by atoms with Crippen LogP contribution in [0.4, 0.5) is 0 Å². The summed E-state index contributed by atoms with van der Waals surface area (Å²) in [4.78, 5) is 0. The molecule has 0 amide bonds. The Labute approximate surface area is 91.6 Å². The second-order valence-corrected chi connectivity index (χ2v) is 4.17. The molecule has 1 rings (SSSR count). The van der Waals surface area contributed by atoms with Crippen molar-refractivity contribution in [2.24, 2.45) is 0 Å². The minimum atomic E-state index is 0.156. The first-order valence-electron chi connectivity index (χ1n) is 5.47. The van der Waals surface area contributed by atoms with Crippen LogP contribution < -0.4 is 0 Å². The molecule has 0 aliphatic heterocycles. The maximum Gasteiger partial charge on any atom is 0.0499 e. The fourth-order valence-electron chi connectivity index (χ4n) is 1.95. The molecule has 0 saturated carbocycles. The summed E-state index contributed by atoms with van der Waals surface area (Å²) in [5, 5.41) is 18.1. The van der Waals surface area contributed by atoms with Crippen LogP contribution in [0.25, 0.3) is 0 Å². The molecule has 1 atom stereocenters. The average Bonchev–Trinajstić information content (AvgIpc) is 2.17. The molecule has 2 N–H and O–H groups in total. The van der Waals surface area contributed by atoms with E-state index in [1.807, 2.05) is 0 Å². The van der Waals surface area contributed by atoms with Gasteiger partial charge in [0.2, 0.25) is 0 Å². The van der Waals surface area contributed by atoms with E-state index in [0.29, 0.717) is 0 Å². The Morgan fingerprint density at radius 1 is 1.07 bits per heavy atom. The van der Waals surface area contributed by atoms with Crippen molar-refractivity contribution in [3.63, 3.8) is 0 Å². The molecular formula is C13H20O2. The Hall–Kier alpha value is -0.860. The van der Waals surface area contributed by atoms with E-state index in [0.717, 1.165) is 12.8 Å². The van der Waals surface area contributed by atoms with Crippen molar-refractivity contribution in [1.29, 1.82) is 0 Å². The van der Waals surface area contributed by atoms with Gasteiger partial charge in [-0.3, -0.25) is 0 Å². The Morgan fingerprint density at radius 2 is 1.67 bits per heavy atom. The summed E-state index contributed by atoms with van der Waals surface area (Å²) in [5.74, 6) is 0.163. The monoisotopic (exact) mass is 208 g/mol. The first-order valence-corrected chi connectivity index (χ1v) is 5.47. The lowest BCUT2D eigenvalue weighted by molar-refractivity contribution is 0.237. The zero-order chi connectivity index (χ0) is 11.3. The van der Waals surface area contributed by atoms with Crippen molar-refractivity contribution in [2.75, 3.05) is 13.2 Å². The zero-order valence-electron chi connectivity index (χ0n) is 9.53. The van der Waals surface area contributed by atoms with Gasteiger partial charge in [0.25, 0.3) is 0 Å². The van der Waals surface area contributed by atoms with Gasteiger partial charge in [-0.2, -0.15) is 0 Å². The standard InChI is InChI=1S/C13H20O2/c1-10-6-11(2)8-13(7-10)12(9-15)4-3-5-14/h6-8,12,14-15H,3-5,9H2,1-2H3. The van der Waals surface area contributed by atoms with E-state index in [2.05, 4.69) is 32.0 Å². The summed E-state index contributed by atoms with van der Waals surface area (Å²) in [6, 6.07) is 6.36. The van der Waals surface area contributed by atoms with Gasteiger partial charge in [0.15, 0.2) is 0 Å². The number of hydrogen-bond donors (Lipinski definition) is 2. The quantitative estimate of drug-likeness (QED) is 0.778. The molecule has 0 fully saturated rings. The average molecular weight is 208 g/mol. The molecule has 0 aliphatic carbocycles. The number of aryl methyl sites for hydroxylation is 2. The largest absolute Gasteiger partial charge is 0.396 e. The predicted molar refractivity (Wildman–Crippen MR) is 62.1 cm³/mol.